The molecule has 6 nitrogen and oxygen atoms in total. The molecule has 1 aliphatic heterocycles. The van der Waals surface area contributed by atoms with Gasteiger partial charge in [0.25, 0.3) is 0 Å². The number of pyridine rings is 2. The van der Waals surface area contributed by atoms with Crippen LogP contribution in [0.25, 0.3) is 11.0 Å². The van der Waals surface area contributed by atoms with Gasteiger partial charge < -0.3 is 14.7 Å². The molecular weight excluding hydrogens is 330 g/mol. The second-order valence-electron chi connectivity index (χ2n) is 5.74. The number of esters is 1. The number of carbonyl (C=O) groups excluding carboxylic acids is 1. The molecule has 0 saturated carbocycles. The van der Waals surface area contributed by atoms with Gasteiger partial charge >= 0.3 is 5.97 Å². The molecule has 0 amide bonds. The van der Waals surface area contributed by atoms with Gasteiger partial charge in [0.05, 0.1) is 30.5 Å². The van der Waals surface area contributed by atoms with E-state index in [-0.39, 0.29) is 30.0 Å². The van der Waals surface area contributed by atoms with Gasteiger partial charge in [0.15, 0.2) is 0 Å². The lowest BCUT2D eigenvalue weighted by atomic mass is 10.00. The minimum absolute atomic E-state index is 0.0105. The van der Waals surface area contributed by atoms with Crippen LogP contribution in [0.3, 0.4) is 0 Å². The maximum atomic E-state index is 12.5. The van der Waals surface area contributed by atoms with E-state index in [1.165, 1.54) is 0 Å². The number of aromatic nitrogens is 2. The second-order valence-corrected chi connectivity index (χ2v) is 6.10. The molecule has 1 N–H and O–H groups in total. The van der Waals surface area contributed by atoms with Crippen molar-refractivity contribution in [2.45, 2.75) is 32.2 Å². The fraction of sp³-hybridized carbons (Fsp3) is 0.471. The lowest BCUT2D eigenvalue weighted by molar-refractivity contribution is 0.0526. The number of aliphatic hydroxyl groups is 1. The number of ether oxygens (including phenoxy) is 1. The van der Waals surface area contributed by atoms with Gasteiger partial charge in [-0.05, 0) is 38.3 Å². The predicted octanol–water partition coefficient (Wildman–Crippen LogP) is 2.81. The SMILES string of the molecule is CCOC(=O)c1c(Cl)nc2cccnc2c1N1CCCCC1CO. The molecule has 1 fully saturated rings. The van der Waals surface area contributed by atoms with Crippen molar-refractivity contribution in [1.29, 1.82) is 0 Å². The Morgan fingerprint density at radius 2 is 2.33 bits per heavy atom. The number of anilines is 1. The topological polar surface area (TPSA) is 75.5 Å². The molecule has 0 radical (unpaired) electrons. The van der Waals surface area contributed by atoms with E-state index in [1.807, 2.05) is 11.0 Å². The van der Waals surface area contributed by atoms with Crippen molar-refractivity contribution in [1.82, 2.24) is 9.97 Å². The lowest BCUT2D eigenvalue weighted by Gasteiger charge is -2.37. The zero-order chi connectivity index (χ0) is 17.1. The number of hydrogen-bond donors (Lipinski definition) is 1. The molecular formula is C17H20ClN3O3. The Labute approximate surface area is 145 Å². The van der Waals surface area contributed by atoms with Crippen LogP contribution in [0.15, 0.2) is 18.3 Å². The van der Waals surface area contributed by atoms with E-state index in [0.29, 0.717) is 16.7 Å². The zero-order valence-electron chi connectivity index (χ0n) is 13.5. The molecule has 1 atom stereocenters. The maximum absolute atomic E-state index is 12.5. The smallest absolute Gasteiger partial charge is 0.343 e. The highest BCUT2D eigenvalue weighted by Crippen LogP contribution is 2.36. The summed E-state index contributed by atoms with van der Waals surface area (Å²) in [5.41, 5.74) is 2.06. The number of halogens is 1. The molecule has 0 aromatic carbocycles. The average molecular weight is 350 g/mol. The van der Waals surface area contributed by atoms with Crippen molar-refractivity contribution in [2.75, 3.05) is 24.7 Å². The molecule has 3 rings (SSSR count). The van der Waals surface area contributed by atoms with Crippen LogP contribution in [0.4, 0.5) is 5.69 Å². The van der Waals surface area contributed by atoms with Gasteiger partial charge in [0.1, 0.15) is 16.2 Å². The standard InChI is InChI=1S/C17H20ClN3O3/c1-2-24-17(23)13-15(21-9-4-3-6-11(21)10-22)14-12(20-16(13)18)7-5-8-19-14/h5,7-8,11,22H,2-4,6,9-10H2,1H3. The van der Waals surface area contributed by atoms with Crippen LogP contribution in [0.5, 0.6) is 0 Å². The highest BCUT2D eigenvalue weighted by atomic mass is 35.5. The molecule has 0 spiro atoms. The summed E-state index contributed by atoms with van der Waals surface area (Å²) in [5, 5.41) is 9.87. The summed E-state index contributed by atoms with van der Waals surface area (Å²) in [4.78, 5) is 23.2. The van der Waals surface area contributed by atoms with Crippen LogP contribution in [-0.2, 0) is 4.74 Å². The van der Waals surface area contributed by atoms with Crippen LogP contribution < -0.4 is 4.90 Å². The quantitative estimate of drug-likeness (QED) is 0.675. The van der Waals surface area contributed by atoms with Crippen LogP contribution in [0.1, 0.15) is 36.5 Å². The van der Waals surface area contributed by atoms with Crippen LogP contribution in [0.2, 0.25) is 5.15 Å². The lowest BCUT2D eigenvalue weighted by Crippen LogP contribution is -2.43. The first-order valence-corrected chi connectivity index (χ1v) is 8.54. The van der Waals surface area contributed by atoms with Gasteiger partial charge in [-0.2, -0.15) is 0 Å². The number of fused-ring (bicyclic) bond motifs is 1. The summed E-state index contributed by atoms with van der Waals surface area (Å²) in [5.74, 6) is -0.514. The monoisotopic (exact) mass is 349 g/mol. The zero-order valence-corrected chi connectivity index (χ0v) is 14.3. The van der Waals surface area contributed by atoms with Gasteiger partial charge in [-0.25, -0.2) is 9.78 Å². The summed E-state index contributed by atoms with van der Waals surface area (Å²) in [7, 11) is 0. The van der Waals surface area contributed by atoms with E-state index in [9.17, 15) is 9.90 Å². The largest absolute Gasteiger partial charge is 0.462 e. The third-order valence-corrected chi connectivity index (χ3v) is 4.55. The second kappa shape index (κ2) is 7.32. The molecule has 24 heavy (non-hydrogen) atoms. The number of nitrogens with zero attached hydrogens (tertiary/aromatic N) is 3. The van der Waals surface area contributed by atoms with E-state index in [2.05, 4.69) is 9.97 Å². The highest BCUT2D eigenvalue weighted by Gasteiger charge is 2.31. The average Bonchev–Trinajstić information content (AvgIpc) is 2.60. The summed E-state index contributed by atoms with van der Waals surface area (Å²) in [6.45, 7) is 2.73. The summed E-state index contributed by atoms with van der Waals surface area (Å²) in [6.07, 6.45) is 4.54. The van der Waals surface area contributed by atoms with E-state index in [4.69, 9.17) is 16.3 Å². The normalized spacial score (nSPS) is 18.0. The first kappa shape index (κ1) is 16.9. The van der Waals surface area contributed by atoms with Gasteiger partial charge in [-0.1, -0.05) is 11.6 Å². The molecule has 1 saturated heterocycles. The third kappa shape index (κ3) is 3.03. The van der Waals surface area contributed by atoms with Gasteiger partial charge in [-0.15, -0.1) is 0 Å². The van der Waals surface area contributed by atoms with E-state index in [1.54, 1.807) is 19.2 Å². The Hall–Kier alpha value is -1.92. The fourth-order valence-electron chi connectivity index (χ4n) is 3.20. The molecule has 1 unspecified atom stereocenters. The molecule has 3 heterocycles. The molecule has 7 heteroatoms. The Kier molecular flexibility index (Phi) is 5.16. The Balaban J connectivity index is 2.25. The number of aliphatic hydroxyl groups excluding tert-OH is 1. The van der Waals surface area contributed by atoms with Crippen molar-refractivity contribution < 1.29 is 14.6 Å². The Morgan fingerprint density at radius 1 is 1.50 bits per heavy atom. The predicted molar refractivity (Wildman–Crippen MR) is 92.6 cm³/mol. The Bertz CT molecular complexity index is 753. The molecule has 2 aromatic rings. The number of carbonyl (C=O) groups is 1. The van der Waals surface area contributed by atoms with Crippen molar-refractivity contribution >= 4 is 34.3 Å². The molecule has 1 aliphatic rings. The number of piperidine rings is 1. The van der Waals surface area contributed by atoms with E-state index >= 15 is 0 Å². The third-order valence-electron chi connectivity index (χ3n) is 4.28. The molecule has 0 bridgehead atoms. The summed E-state index contributed by atoms with van der Waals surface area (Å²) < 4.78 is 5.18. The van der Waals surface area contributed by atoms with E-state index < -0.39 is 5.97 Å². The maximum Gasteiger partial charge on any atom is 0.343 e. The van der Waals surface area contributed by atoms with Crippen LogP contribution in [0, 0.1) is 0 Å². The molecule has 2 aromatic heterocycles. The van der Waals surface area contributed by atoms with Crippen molar-refractivity contribution in [3.05, 3.63) is 29.0 Å². The minimum Gasteiger partial charge on any atom is -0.462 e. The fourth-order valence-corrected chi connectivity index (χ4v) is 3.45. The number of hydrogen-bond acceptors (Lipinski definition) is 6. The van der Waals surface area contributed by atoms with Gasteiger partial charge in [0.2, 0.25) is 0 Å². The van der Waals surface area contributed by atoms with Gasteiger partial charge in [0, 0.05) is 12.7 Å². The van der Waals surface area contributed by atoms with Crippen LogP contribution in [-0.4, -0.2) is 46.8 Å². The minimum atomic E-state index is -0.514. The Morgan fingerprint density at radius 3 is 3.08 bits per heavy atom. The first-order chi connectivity index (χ1) is 11.7. The van der Waals surface area contributed by atoms with Crippen molar-refractivity contribution in [3.63, 3.8) is 0 Å². The van der Waals surface area contributed by atoms with Crippen molar-refractivity contribution in [3.8, 4) is 0 Å². The molecule has 128 valence electrons. The van der Waals surface area contributed by atoms with Crippen LogP contribution >= 0.6 is 11.6 Å². The van der Waals surface area contributed by atoms with Gasteiger partial charge in [-0.3, -0.25) is 4.98 Å². The highest BCUT2D eigenvalue weighted by molar-refractivity contribution is 6.34. The van der Waals surface area contributed by atoms with E-state index in [0.717, 1.165) is 25.8 Å². The number of rotatable bonds is 4. The molecule has 0 aliphatic carbocycles. The summed E-state index contributed by atoms with van der Waals surface area (Å²) >= 11 is 6.32. The first-order valence-electron chi connectivity index (χ1n) is 8.16. The van der Waals surface area contributed by atoms with Crippen molar-refractivity contribution in [2.24, 2.45) is 0 Å². The summed E-state index contributed by atoms with van der Waals surface area (Å²) in [6, 6.07) is 3.51.